The molecule has 1 aromatic carbocycles. The molecular formula is C19H21N3O2. The van der Waals surface area contributed by atoms with Crippen LogP contribution in [0.15, 0.2) is 55.9 Å². The molecule has 0 unspecified atom stereocenters. The molecule has 0 N–H and O–H groups in total. The molecule has 0 saturated carbocycles. The minimum absolute atomic E-state index is 0.0307. The number of carbonyl (C=O) groups excluding carboxylic acids is 1. The molecule has 1 aliphatic rings. The number of hydrogen-bond acceptors (Lipinski definition) is 4. The first-order chi connectivity index (χ1) is 11.7. The van der Waals surface area contributed by atoms with Gasteiger partial charge >= 0.3 is 0 Å². The lowest BCUT2D eigenvalue weighted by atomic mass is 9.78. The normalized spacial score (nSPS) is 15.6. The Morgan fingerprint density at radius 3 is 2.67 bits per heavy atom. The molecule has 5 nitrogen and oxygen atoms in total. The number of fused-ring (bicyclic) bond motifs is 1. The van der Waals surface area contributed by atoms with Crippen molar-refractivity contribution in [1.82, 2.24) is 14.9 Å². The molecule has 5 heteroatoms. The molecule has 1 aliphatic heterocycles. The maximum Gasteiger partial charge on any atom is 0.261 e. The van der Waals surface area contributed by atoms with E-state index in [9.17, 15) is 4.79 Å². The van der Waals surface area contributed by atoms with Gasteiger partial charge in [0.1, 0.15) is 6.33 Å². The monoisotopic (exact) mass is 323 g/mol. The van der Waals surface area contributed by atoms with Gasteiger partial charge in [-0.3, -0.25) is 4.79 Å². The summed E-state index contributed by atoms with van der Waals surface area (Å²) in [4.78, 5) is 22.8. The summed E-state index contributed by atoms with van der Waals surface area (Å²) in [6, 6.07) is 7.58. The van der Waals surface area contributed by atoms with E-state index in [2.05, 4.69) is 23.1 Å². The van der Waals surface area contributed by atoms with Crippen molar-refractivity contribution in [2.45, 2.75) is 24.8 Å². The van der Waals surface area contributed by atoms with Gasteiger partial charge in [0.25, 0.3) is 5.91 Å². The molecule has 0 spiro atoms. The first-order valence-corrected chi connectivity index (χ1v) is 8.05. The largest absolute Gasteiger partial charge is 0.467 e. The van der Waals surface area contributed by atoms with Crippen LogP contribution in [0.2, 0.25) is 0 Å². The first-order valence-electron chi connectivity index (χ1n) is 8.05. The average Bonchev–Trinajstić information content (AvgIpc) is 2.58. The van der Waals surface area contributed by atoms with Crippen LogP contribution in [0.5, 0.6) is 5.88 Å². The lowest BCUT2D eigenvalue weighted by Gasteiger charge is -2.52. The van der Waals surface area contributed by atoms with Gasteiger partial charge in [0, 0.05) is 6.54 Å². The van der Waals surface area contributed by atoms with E-state index in [0.29, 0.717) is 5.88 Å². The smallest absolute Gasteiger partial charge is 0.261 e. The minimum Gasteiger partial charge on any atom is -0.467 e. The number of para-hydroxylation sites is 1. The fourth-order valence-corrected chi connectivity index (χ4v) is 3.28. The highest BCUT2D eigenvalue weighted by Gasteiger charge is 2.45. The SMILES string of the molecule is C=CCC1(CC=C)CCN1C(=O)COc1ncnc2ccccc12. The number of amides is 1. The zero-order valence-electron chi connectivity index (χ0n) is 13.6. The zero-order valence-corrected chi connectivity index (χ0v) is 13.6. The van der Waals surface area contributed by atoms with E-state index in [0.717, 1.165) is 36.7 Å². The maximum atomic E-state index is 12.6. The predicted octanol–water partition coefficient (Wildman–Crippen LogP) is 3.13. The Balaban J connectivity index is 1.71. The van der Waals surface area contributed by atoms with Crippen LogP contribution in [0.4, 0.5) is 0 Å². The van der Waals surface area contributed by atoms with Gasteiger partial charge in [0.05, 0.1) is 16.4 Å². The Hall–Kier alpha value is -2.69. The highest BCUT2D eigenvalue weighted by molar-refractivity contribution is 5.84. The number of ether oxygens (including phenoxy) is 1. The van der Waals surface area contributed by atoms with E-state index < -0.39 is 0 Å². The fourth-order valence-electron chi connectivity index (χ4n) is 3.28. The Bertz CT molecular complexity index is 757. The van der Waals surface area contributed by atoms with Crippen LogP contribution in [-0.4, -0.2) is 39.5 Å². The lowest BCUT2D eigenvalue weighted by molar-refractivity contribution is -0.149. The van der Waals surface area contributed by atoms with Crippen LogP contribution in [-0.2, 0) is 4.79 Å². The van der Waals surface area contributed by atoms with Crippen LogP contribution in [0.3, 0.4) is 0 Å². The molecular weight excluding hydrogens is 302 g/mol. The minimum atomic E-state index is -0.183. The Kier molecular flexibility index (Phi) is 4.60. The third kappa shape index (κ3) is 2.89. The second-order valence-corrected chi connectivity index (χ2v) is 5.99. The summed E-state index contributed by atoms with van der Waals surface area (Å²) in [5.74, 6) is 0.403. The molecule has 0 atom stereocenters. The van der Waals surface area contributed by atoms with Crippen molar-refractivity contribution in [2.75, 3.05) is 13.2 Å². The van der Waals surface area contributed by atoms with Gasteiger partial charge in [-0.25, -0.2) is 9.97 Å². The summed E-state index contributed by atoms with van der Waals surface area (Å²) in [6.45, 7) is 8.34. The summed E-state index contributed by atoms with van der Waals surface area (Å²) in [6.07, 6.45) is 7.67. The van der Waals surface area contributed by atoms with Gasteiger partial charge in [-0.1, -0.05) is 24.3 Å². The van der Waals surface area contributed by atoms with Crippen molar-refractivity contribution in [3.8, 4) is 5.88 Å². The van der Waals surface area contributed by atoms with Crippen LogP contribution >= 0.6 is 0 Å². The Morgan fingerprint density at radius 1 is 1.25 bits per heavy atom. The molecule has 0 bridgehead atoms. The molecule has 0 radical (unpaired) electrons. The molecule has 0 aliphatic carbocycles. The number of hydrogen-bond donors (Lipinski definition) is 0. The molecule has 1 aromatic heterocycles. The van der Waals surface area contributed by atoms with E-state index in [1.54, 1.807) is 0 Å². The summed E-state index contributed by atoms with van der Waals surface area (Å²) in [5, 5.41) is 0.805. The summed E-state index contributed by atoms with van der Waals surface area (Å²) < 4.78 is 5.69. The maximum absolute atomic E-state index is 12.6. The van der Waals surface area contributed by atoms with Crippen molar-refractivity contribution in [3.63, 3.8) is 0 Å². The number of nitrogens with zero attached hydrogens (tertiary/aromatic N) is 3. The molecule has 2 heterocycles. The topological polar surface area (TPSA) is 55.3 Å². The highest BCUT2D eigenvalue weighted by Crippen LogP contribution is 2.38. The van der Waals surface area contributed by atoms with Crippen LogP contribution in [0.1, 0.15) is 19.3 Å². The fraction of sp³-hybridized carbons (Fsp3) is 0.316. The molecule has 1 amide bonds. The molecule has 2 aromatic rings. The zero-order chi connectivity index (χ0) is 17.0. The number of benzene rings is 1. The Morgan fingerprint density at radius 2 is 2.00 bits per heavy atom. The van der Waals surface area contributed by atoms with Gasteiger partial charge < -0.3 is 9.64 Å². The van der Waals surface area contributed by atoms with Crippen molar-refractivity contribution < 1.29 is 9.53 Å². The number of likely N-dealkylation sites (tertiary alicyclic amines) is 1. The number of rotatable bonds is 7. The molecule has 24 heavy (non-hydrogen) atoms. The van der Waals surface area contributed by atoms with Gasteiger partial charge in [0.15, 0.2) is 6.61 Å². The van der Waals surface area contributed by atoms with E-state index in [4.69, 9.17) is 4.74 Å². The van der Waals surface area contributed by atoms with Crippen LogP contribution in [0.25, 0.3) is 10.9 Å². The molecule has 1 saturated heterocycles. The van der Waals surface area contributed by atoms with E-state index in [1.165, 1.54) is 6.33 Å². The van der Waals surface area contributed by atoms with Gasteiger partial charge in [-0.2, -0.15) is 0 Å². The van der Waals surface area contributed by atoms with Crippen molar-refractivity contribution >= 4 is 16.8 Å². The lowest BCUT2D eigenvalue weighted by Crippen LogP contribution is -2.62. The second-order valence-electron chi connectivity index (χ2n) is 5.99. The molecule has 1 fully saturated rings. The standard InChI is InChI=1S/C19H21N3O2/c1-3-9-19(10-4-2)11-12-22(19)17(23)13-24-18-15-7-5-6-8-16(15)20-14-21-18/h3-8,14H,1-2,9-13H2. The van der Waals surface area contributed by atoms with Crippen molar-refractivity contribution in [1.29, 1.82) is 0 Å². The quantitative estimate of drug-likeness (QED) is 0.735. The Labute approximate surface area is 141 Å². The van der Waals surface area contributed by atoms with Gasteiger partial charge in [-0.15, -0.1) is 13.2 Å². The van der Waals surface area contributed by atoms with Gasteiger partial charge in [-0.05, 0) is 31.4 Å². The van der Waals surface area contributed by atoms with E-state index in [1.807, 2.05) is 41.3 Å². The van der Waals surface area contributed by atoms with Gasteiger partial charge in [0.2, 0.25) is 5.88 Å². The van der Waals surface area contributed by atoms with Crippen LogP contribution in [0, 0.1) is 0 Å². The molecule has 124 valence electrons. The third-order valence-corrected chi connectivity index (χ3v) is 4.56. The van der Waals surface area contributed by atoms with E-state index >= 15 is 0 Å². The van der Waals surface area contributed by atoms with E-state index in [-0.39, 0.29) is 18.1 Å². The number of aromatic nitrogens is 2. The van der Waals surface area contributed by atoms with Crippen molar-refractivity contribution in [3.05, 3.63) is 55.9 Å². The summed E-state index contributed by atoms with van der Waals surface area (Å²) >= 11 is 0. The second kappa shape index (κ2) is 6.83. The summed E-state index contributed by atoms with van der Waals surface area (Å²) in [7, 11) is 0. The predicted molar refractivity (Wildman–Crippen MR) is 93.7 cm³/mol. The van der Waals surface area contributed by atoms with Crippen molar-refractivity contribution in [2.24, 2.45) is 0 Å². The number of carbonyl (C=O) groups is 1. The molecule has 3 rings (SSSR count). The summed E-state index contributed by atoms with van der Waals surface area (Å²) in [5.41, 5.74) is 0.615. The van der Waals surface area contributed by atoms with Crippen LogP contribution < -0.4 is 4.74 Å². The average molecular weight is 323 g/mol. The first kappa shape index (κ1) is 16.2. The highest BCUT2D eigenvalue weighted by atomic mass is 16.5. The third-order valence-electron chi connectivity index (χ3n) is 4.56.